The summed E-state index contributed by atoms with van der Waals surface area (Å²) in [5.74, 6) is -1.11. The van der Waals surface area contributed by atoms with Gasteiger partial charge in [0.15, 0.2) is 0 Å². The Labute approximate surface area is 182 Å². The number of hydrogen-bond acceptors (Lipinski definition) is 5. The highest BCUT2D eigenvalue weighted by Gasteiger charge is 2.50. The third-order valence-electron chi connectivity index (χ3n) is 6.41. The Bertz CT molecular complexity index is 1010. The summed E-state index contributed by atoms with van der Waals surface area (Å²) in [5, 5.41) is 0.872. The Hall–Kier alpha value is -2.91. The van der Waals surface area contributed by atoms with Crippen molar-refractivity contribution in [2.24, 2.45) is 0 Å². The number of ether oxygens (including phenoxy) is 1. The van der Waals surface area contributed by atoms with Crippen molar-refractivity contribution < 1.29 is 32.3 Å². The number of piperidine rings is 1. The standard InChI is InChI=1S/C23H21F3N2O4/c24-23(25,26)31-16-7-5-15(6-8-16)22(11-12-22)27-13-9-17(10-14-27)32-28-20(29)18-3-1-2-4-19(18)21(28)30/h1-8,17H,9-14H2. The van der Waals surface area contributed by atoms with Crippen LogP contribution in [0.5, 0.6) is 5.75 Å². The van der Waals surface area contributed by atoms with E-state index in [1.54, 1.807) is 36.4 Å². The van der Waals surface area contributed by atoms with Crippen molar-refractivity contribution in [2.75, 3.05) is 13.1 Å². The summed E-state index contributed by atoms with van der Waals surface area (Å²) in [4.78, 5) is 33.1. The predicted octanol–water partition coefficient (Wildman–Crippen LogP) is 4.27. The van der Waals surface area contributed by atoms with Crippen molar-refractivity contribution in [3.63, 3.8) is 0 Å². The lowest BCUT2D eigenvalue weighted by molar-refractivity contribution is -0.274. The van der Waals surface area contributed by atoms with Gasteiger partial charge in [-0.2, -0.15) is 0 Å². The maximum Gasteiger partial charge on any atom is 0.573 e. The van der Waals surface area contributed by atoms with Gasteiger partial charge in [0.1, 0.15) is 5.75 Å². The monoisotopic (exact) mass is 446 g/mol. The van der Waals surface area contributed by atoms with Gasteiger partial charge in [0.05, 0.1) is 17.2 Å². The minimum absolute atomic E-state index is 0.183. The molecule has 0 radical (unpaired) electrons. The average molecular weight is 446 g/mol. The number of hydroxylamine groups is 2. The van der Waals surface area contributed by atoms with Gasteiger partial charge in [-0.25, -0.2) is 0 Å². The largest absolute Gasteiger partial charge is 0.573 e. The van der Waals surface area contributed by atoms with E-state index in [4.69, 9.17) is 4.84 Å². The van der Waals surface area contributed by atoms with E-state index in [-0.39, 0.29) is 17.4 Å². The lowest BCUT2D eigenvalue weighted by Crippen LogP contribution is -2.45. The van der Waals surface area contributed by atoms with Gasteiger partial charge in [0.2, 0.25) is 0 Å². The van der Waals surface area contributed by atoms with Gasteiger partial charge < -0.3 is 4.74 Å². The lowest BCUT2D eigenvalue weighted by Gasteiger charge is -2.38. The van der Waals surface area contributed by atoms with Gasteiger partial charge in [-0.1, -0.05) is 24.3 Å². The molecule has 0 atom stereocenters. The Morgan fingerprint density at radius 3 is 1.94 bits per heavy atom. The molecule has 5 rings (SSSR count). The van der Waals surface area contributed by atoms with Crippen LogP contribution >= 0.6 is 0 Å². The number of carbonyl (C=O) groups is 2. The number of halogens is 3. The second-order valence-electron chi connectivity index (χ2n) is 8.35. The van der Waals surface area contributed by atoms with Crippen LogP contribution in [-0.4, -0.2) is 47.3 Å². The first-order valence-corrected chi connectivity index (χ1v) is 10.5. The zero-order valence-electron chi connectivity index (χ0n) is 17.1. The Morgan fingerprint density at radius 1 is 0.875 bits per heavy atom. The molecule has 2 aliphatic heterocycles. The van der Waals surface area contributed by atoms with Crippen molar-refractivity contribution in [2.45, 2.75) is 43.7 Å². The number of nitrogens with zero attached hydrogens (tertiary/aromatic N) is 2. The van der Waals surface area contributed by atoms with Gasteiger partial charge >= 0.3 is 6.36 Å². The first kappa shape index (κ1) is 21.0. The number of benzene rings is 2. The maximum atomic E-state index is 12.5. The lowest BCUT2D eigenvalue weighted by atomic mass is 9.98. The molecule has 2 aromatic rings. The summed E-state index contributed by atoms with van der Waals surface area (Å²) in [6.07, 6.45) is -1.83. The van der Waals surface area contributed by atoms with E-state index in [0.29, 0.717) is 37.1 Å². The minimum atomic E-state index is -4.71. The Morgan fingerprint density at radius 2 is 1.44 bits per heavy atom. The van der Waals surface area contributed by atoms with Crippen LogP contribution < -0.4 is 4.74 Å². The molecule has 0 unspecified atom stereocenters. The number of alkyl halides is 3. The Balaban J connectivity index is 1.20. The second kappa shape index (κ2) is 7.60. The van der Waals surface area contributed by atoms with Crippen molar-refractivity contribution in [1.29, 1.82) is 0 Å². The van der Waals surface area contributed by atoms with Crippen LogP contribution in [0.25, 0.3) is 0 Å². The molecule has 1 saturated carbocycles. The van der Waals surface area contributed by atoms with Gasteiger partial charge in [0.25, 0.3) is 11.8 Å². The van der Waals surface area contributed by atoms with Crippen LogP contribution in [0, 0.1) is 0 Å². The molecule has 6 nitrogen and oxygen atoms in total. The van der Waals surface area contributed by atoms with E-state index in [2.05, 4.69) is 9.64 Å². The first-order valence-electron chi connectivity index (χ1n) is 10.5. The number of fused-ring (bicyclic) bond motifs is 1. The Kier molecular flexibility index (Phi) is 4.98. The van der Waals surface area contributed by atoms with E-state index < -0.39 is 18.2 Å². The molecule has 2 aromatic carbocycles. The van der Waals surface area contributed by atoms with Crippen LogP contribution in [0.3, 0.4) is 0 Å². The highest BCUT2D eigenvalue weighted by atomic mass is 19.4. The van der Waals surface area contributed by atoms with Crippen LogP contribution in [0.2, 0.25) is 0 Å². The highest BCUT2D eigenvalue weighted by molar-refractivity contribution is 6.20. The normalized spacial score (nSPS) is 21.0. The summed E-state index contributed by atoms with van der Waals surface area (Å²) >= 11 is 0. The van der Waals surface area contributed by atoms with E-state index >= 15 is 0 Å². The fourth-order valence-electron chi connectivity index (χ4n) is 4.67. The van der Waals surface area contributed by atoms with Crippen molar-refractivity contribution in [3.8, 4) is 5.75 Å². The van der Waals surface area contributed by atoms with Crippen molar-refractivity contribution in [3.05, 3.63) is 65.2 Å². The van der Waals surface area contributed by atoms with Crippen LogP contribution in [0.4, 0.5) is 13.2 Å². The predicted molar refractivity (Wildman–Crippen MR) is 107 cm³/mol. The van der Waals surface area contributed by atoms with Gasteiger partial charge in [-0.15, -0.1) is 18.2 Å². The topological polar surface area (TPSA) is 59.1 Å². The minimum Gasteiger partial charge on any atom is -0.406 e. The average Bonchev–Trinajstić information content (AvgIpc) is 3.54. The van der Waals surface area contributed by atoms with Crippen molar-refractivity contribution in [1.82, 2.24) is 9.96 Å². The fraction of sp³-hybridized carbons (Fsp3) is 0.391. The van der Waals surface area contributed by atoms with E-state index in [1.807, 2.05) is 0 Å². The molecule has 1 aliphatic carbocycles. The van der Waals surface area contributed by atoms with Crippen LogP contribution in [0.15, 0.2) is 48.5 Å². The summed E-state index contributed by atoms with van der Waals surface area (Å²) in [6.45, 7) is 1.41. The third-order valence-corrected chi connectivity index (χ3v) is 6.41. The number of rotatable bonds is 5. The fourth-order valence-corrected chi connectivity index (χ4v) is 4.67. The molecular weight excluding hydrogens is 425 g/mol. The smallest absolute Gasteiger partial charge is 0.406 e. The zero-order valence-corrected chi connectivity index (χ0v) is 17.1. The molecule has 3 aliphatic rings. The molecule has 0 bridgehead atoms. The van der Waals surface area contributed by atoms with Gasteiger partial charge in [-0.3, -0.25) is 19.3 Å². The molecule has 9 heteroatoms. The third kappa shape index (κ3) is 3.75. The number of imide groups is 1. The quantitative estimate of drug-likeness (QED) is 0.643. The molecule has 1 saturated heterocycles. The molecule has 2 amide bonds. The summed E-state index contributed by atoms with van der Waals surface area (Å²) in [6, 6.07) is 12.7. The summed E-state index contributed by atoms with van der Waals surface area (Å²) in [5.41, 5.74) is 1.48. The number of likely N-dealkylation sites (tertiary alicyclic amines) is 1. The van der Waals surface area contributed by atoms with Crippen LogP contribution in [-0.2, 0) is 10.4 Å². The summed E-state index contributed by atoms with van der Waals surface area (Å²) < 4.78 is 41.2. The molecule has 32 heavy (non-hydrogen) atoms. The number of hydrogen-bond donors (Lipinski definition) is 0. The molecule has 2 fully saturated rings. The summed E-state index contributed by atoms with van der Waals surface area (Å²) in [7, 11) is 0. The molecule has 2 heterocycles. The molecule has 0 spiro atoms. The second-order valence-corrected chi connectivity index (χ2v) is 8.35. The number of amides is 2. The maximum absolute atomic E-state index is 12.5. The van der Waals surface area contributed by atoms with Gasteiger partial charge in [-0.05, 0) is 55.5 Å². The molecular formula is C23H21F3N2O4. The molecule has 168 valence electrons. The van der Waals surface area contributed by atoms with E-state index in [0.717, 1.165) is 23.5 Å². The van der Waals surface area contributed by atoms with E-state index in [9.17, 15) is 22.8 Å². The van der Waals surface area contributed by atoms with E-state index in [1.165, 1.54) is 12.1 Å². The van der Waals surface area contributed by atoms with Gasteiger partial charge in [0, 0.05) is 18.6 Å². The molecule has 0 aromatic heterocycles. The zero-order chi connectivity index (χ0) is 22.5. The SMILES string of the molecule is O=C1c2ccccc2C(=O)N1OC1CCN(C2(c3ccc(OC(F)(F)F)cc3)CC2)CC1. The first-order chi connectivity index (χ1) is 15.3. The highest BCUT2D eigenvalue weighted by Crippen LogP contribution is 2.52. The number of carbonyl (C=O) groups excluding carboxylic acids is 2. The van der Waals surface area contributed by atoms with Crippen molar-refractivity contribution >= 4 is 11.8 Å². The molecule has 0 N–H and O–H groups in total. The van der Waals surface area contributed by atoms with Crippen LogP contribution in [0.1, 0.15) is 52.0 Å².